The van der Waals surface area contributed by atoms with Crippen molar-refractivity contribution in [2.45, 2.75) is 64.0 Å². The Hall–Kier alpha value is -2.40. The molecule has 0 radical (unpaired) electrons. The predicted octanol–water partition coefficient (Wildman–Crippen LogP) is 5.53. The third-order valence-corrected chi connectivity index (χ3v) is 6.73. The SMILES string of the molecule is CC(C)(C)OC(=O)N1CCC(CN[C@@H]2CC2c2ccccc2)(Cc2ccc(F)cc2)CC1. The number of benzene rings is 2. The summed E-state index contributed by atoms with van der Waals surface area (Å²) in [6.45, 7) is 7.97. The smallest absolute Gasteiger partial charge is 0.410 e. The van der Waals surface area contributed by atoms with Crippen molar-refractivity contribution in [1.29, 1.82) is 0 Å². The molecule has 1 aliphatic carbocycles. The van der Waals surface area contributed by atoms with Gasteiger partial charge in [0.2, 0.25) is 0 Å². The van der Waals surface area contributed by atoms with E-state index >= 15 is 0 Å². The molecule has 2 atom stereocenters. The van der Waals surface area contributed by atoms with Gasteiger partial charge in [0.25, 0.3) is 0 Å². The first-order valence-corrected chi connectivity index (χ1v) is 11.7. The number of nitrogens with one attached hydrogen (secondary N) is 1. The second-order valence-electron chi connectivity index (χ2n) is 10.5. The number of likely N-dealkylation sites (tertiary alicyclic amines) is 1. The molecule has 0 bridgehead atoms. The van der Waals surface area contributed by atoms with Crippen LogP contribution in [0.4, 0.5) is 9.18 Å². The Morgan fingerprint density at radius 2 is 1.75 bits per heavy atom. The summed E-state index contributed by atoms with van der Waals surface area (Å²) in [5, 5.41) is 3.82. The fourth-order valence-electron chi connectivity index (χ4n) is 4.78. The first kappa shape index (κ1) is 22.8. The lowest BCUT2D eigenvalue weighted by atomic mass is 9.73. The number of nitrogens with zero attached hydrogens (tertiary/aromatic N) is 1. The Morgan fingerprint density at radius 1 is 1.09 bits per heavy atom. The van der Waals surface area contributed by atoms with E-state index in [1.807, 2.05) is 37.8 Å². The number of rotatable bonds is 6. The highest BCUT2D eigenvalue weighted by atomic mass is 19.1. The summed E-state index contributed by atoms with van der Waals surface area (Å²) < 4.78 is 19.0. The lowest BCUT2D eigenvalue weighted by Crippen LogP contribution is -2.49. The van der Waals surface area contributed by atoms with Gasteiger partial charge in [0.15, 0.2) is 0 Å². The zero-order valence-electron chi connectivity index (χ0n) is 19.4. The van der Waals surface area contributed by atoms with Crippen molar-refractivity contribution in [3.8, 4) is 0 Å². The molecule has 5 heteroatoms. The van der Waals surface area contributed by atoms with Gasteiger partial charge in [-0.1, -0.05) is 42.5 Å². The van der Waals surface area contributed by atoms with E-state index in [2.05, 4.69) is 35.6 Å². The van der Waals surface area contributed by atoms with Crippen LogP contribution in [-0.4, -0.2) is 42.3 Å². The molecule has 1 aliphatic heterocycles. The second kappa shape index (κ2) is 9.22. The molecular formula is C27H35FN2O2. The highest BCUT2D eigenvalue weighted by Gasteiger charge is 2.42. The molecule has 4 rings (SSSR count). The van der Waals surface area contributed by atoms with Crippen LogP contribution in [0.3, 0.4) is 0 Å². The van der Waals surface area contributed by atoms with Crippen LogP contribution in [0.2, 0.25) is 0 Å². The molecule has 4 nitrogen and oxygen atoms in total. The van der Waals surface area contributed by atoms with Crippen LogP contribution in [0.5, 0.6) is 0 Å². The van der Waals surface area contributed by atoms with Crippen LogP contribution >= 0.6 is 0 Å². The summed E-state index contributed by atoms with van der Waals surface area (Å²) in [5.74, 6) is 0.380. The summed E-state index contributed by atoms with van der Waals surface area (Å²) in [4.78, 5) is 14.4. The van der Waals surface area contributed by atoms with Crippen molar-refractivity contribution in [3.63, 3.8) is 0 Å². The van der Waals surface area contributed by atoms with Gasteiger partial charge in [-0.05, 0) is 75.1 Å². The van der Waals surface area contributed by atoms with Crippen molar-refractivity contribution < 1.29 is 13.9 Å². The first-order valence-electron chi connectivity index (χ1n) is 11.7. The third kappa shape index (κ3) is 5.89. The van der Waals surface area contributed by atoms with E-state index < -0.39 is 5.60 Å². The van der Waals surface area contributed by atoms with Gasteiger partial charge in [-0.25, -0.2) is 9.18 Å². The molecule has 1 N–H and O–H groups in total. The van der Waals surface area contributed by atoms with Crippen LogP contribution in [0.25, 0.3) is 0 Å². The molecule has 2 aromatic carbocycles. The lowest BCUT2D eigenvalue weighted by molar-refractivity contribution is 0.00990. The van der Waals surface area contributed by atoms with Crippen molar-refractivity contribution in [2.75, 3.05) is 19.6 Å². The minimum atomic E-state index is -0.486. The Balaban J connectivity index is 1.40. The number of amides is 1. The Labute approximate surface area is 191 Å². The van der Waals surface area contributed by atoms with E-state index in [1.165, 1.54) is 12.0 Å². The highest BCUT2D eigenvalue weighted by molar-refractivity contribution is 5.68. The molecule has 1 saturated heterocycles. The molecule has 1 amide bonds. The number of piperidine rings is 1. The van der Waals surface area contributed by atoms with Gasteiger partial charge in [-0.15, -0.1) is 0 Å². The minimum absolute atomic E-state index is 0.0418. The zero-order valence-corrected chi connectivity index (χ0v) is 19.4. The molecule has 1 saturated carbocycles. The molecule has 2 aromatic rings. The van der Waals surface area contributed by atoms with Crippen molar-refractivity contribution in [2.24, 2.45) is 5.41 Å². The van der Waals surface area contributed by atoms with Gasteiger partial charge in [-0.2, -0.15) is 0 Å². The molecule has 1 heterocycles. The van der Waals surface area contributed by atoms with E-state index in [0.29, 0.717) is 25.0 Å². The minimum Gasteiger partial charge on any atom is -0.444 e. The Bertz CT molecular complexity index is 900. The van der Waals surface area contributed by atoms with Crippen molar-refractivity contribution in [1.82, 2.24) is 10.2 Å². The molecule has 1 unspecified atom stereocenters. The number of hydrogen-bond donors (Lipinski definition) is 1. The molecule has 32 heavy (non-hydrogen) atoms. The fourth-order valence-corrected chi connectivity index (χ4v) is 4.78. The van der Waals surface area contributed by atoms with Crippen LogP contribution in [-0.2, 0) is 11.2 Å². The summed E-state index contributed by atoms with van der Waals surface area (Å²) in [6.07, 6.45) is 3.62. The number of carbonyl (C=O) groups is 1. The number of halogens is 1. The van der Waals surface area contributed by atoms with Crippen LogP contribution in [0.15, 0.2) is 54.6 Å². The maximum Gasteiger partial charge on any atom is 0.410 e. The fraction of sp³-hybridized carbons (Fsp3) is 0.519. The molecule has 2 aliphatic rings. The summed E-state index contributed by atoms with van der Waals surface area (Å²) in [7, 11) is 0. The van der Waals surface area contributed by atoms with Gasteiger partial charge in [0.05, 0.1) is 0 Å². The maximum atomic E-state index is 13.4. The van der Waals surface area contributed by atoms with Gasteiger partial charge in [0.1, 0.15) is 11.4 Å². The molecule has 0 aromatic heterocycles. The monoisotopic (exact) mass is 438 g/mol. The maximum absolute atomic E-state index is 13.4. The molecular weight excluding hydrogens is 403 g/mol. The van der Waals surface area contributed by atoms with E-state index in [1.54, 1.807) is 12.1 Å². The number of carbonyl (C=O) groups excluding carboxylic acids is 1. The van der Waals surface area contributed by atoms with Crippen LogP contribution in [0.1, 0.15) is 57.1 Å². The Morgan fingerprint density at radius 3 is 2.38 bits per heavy atom. The van der Waals surface area contributed by atoms with Crippen LogP contribution in [0, 0.1) is 11.2 Å². The normalized spacial score (nSPS) is 22.4. The van der Waals surface area contributed by atoms with Gasteiger partial charge in [-0.3, -0.25) is 0 Å². The van der Waals surface area contributed by atoms with E-state index in [0.717, 1.165) is 31.4 Å². The average Bonchev–Trinajstić information content (AvgIpc) is 3.54. The second-order valence-corrected chi connectivity index (χ2v) is 10.5. The van der Waals surface area contributed by atoms with E-state index in [9.17, 15) is 9.18 Å². The molecule has 0 spiro atoms. The first-order chi connectivity index (χ1) is 15.2. The standard InChI is InChI=1S/C27H35FN2O2/c1-26(2,3)32-25(31)30-15-13-27(14-16-30,18-20-9-11-22(28)12-10-20)19-29-24-17-23(24)21-7-5-4-6-8-21/h4-12,23-24,29H,13-19H2,1-3H3/t23?,24-/m1/s1. The van der Waals surface area contributed by atoms with Crippen LogP contribution < -0.4 is 5.32 Å². The topological polar surface area (TPSA) is 41.6 Å². The Kier molecular flexibility index (Phi) is 6.57. The number of hydrogen-bond acceptors (Lipinski definition) is 3. The lowest BCUT2D eigenvalue weighted by Gasteiger charge is -2.42. The van der Waals surface area contributed by atoms with Gasteiger partial charge < -0.3 is 15.0 Å². The number of ether oxygens (including phenoxy) is 1. The summed E-state index contributed by atoms with van der Waals surface area (Å²) >= 11 is 0. The predicted molar refractivity (Wildman–Crippen MR) is 125 cm³/mol. The largest absolute Gasteiger partial charge is 0.444 e. The average molecular weight is 439 g/mol. The highest BCUT2D eigenvalue weighted by Crippen LogP contribution is 2.42. The van der Waals surface area contributed by atoms with Gasteiger partial charge >= 0.3 is 6.09 Å². The van der Waals surface area contributed by atoms with Crippen molar-refractivity contribution in [3.05, 3.63) is 71.5 Å². The summed E-state index contributed by atoms with van der Waals surface area (Å²) in [5.41, 5.74) is 2.10. The van der Waals surface area contributed by atoms with Crippen molar-refractivity contribution >= 4 is 6.09 Å². The quantitative estimate of drug-likeness (QED) is 0.645. The van der Waals surface area contributed by atoms with E-state index in [4.69, 9.17) is 4.74 Å². The summed E-state index contributed by atoms with van der Waals surface area (Å²) in [6, 6.07) is 18.1. The zero-order chi connectivity index (χ0) is 22.8. The molecule has 172 valence electrons. The molecule has 2 fully saturated rings. The van der Waals surface area contributed by atoms with E-state index in [-0.39, 0.29) is 17.3 Å². The third-order valence-electron chi connectivity index (χ3n) is 6.73. The van der Waals surface area contributed by atoms with Gasteiger partial charge in [0, 0.05) is 31.6 Å².